The third kappa shape index (κ3) is 3.09. The Hall–Kier alpha value is -1.29. The molecule has 0 amide bonds. The molecule has 2 atom stereocenters. The largest absolute Gasteiger partial charge is 0.399 e. The van der Waals surface area contributed by atoms with E-state index >= 15 is 0 Å². The van der Waals surface area contributed by atoms with Crippen LogP contribution in [0.15, 0.2) is 18.2 Å². The first-order valence-corrected chi connectivity index (χ1v) is 6.07. The van der Waals surface area contributed by atoms with Crippen LogP contribution in [0, 0.1) is 5.82 Å². The second-order valence-electron chi connectivity index (χ2n) is 4.97. The molecule has 0 bridgehead atoms. The van der Waals surface area contributed by atoms with Crippen molar-refractivity contribution in [2.45, 2.75) is 31.8 Å². The second-order valence-corrected chi connectivity index (χ2v) is 4.97. The molecule has 0 aliphatic carbocycles. The van der Waals surface area contributed by atoms with Crippen LogP contribution in [0.5, 0.6) is 0 Å². The monoisotopic (exact) mass is 237 g/mol. The van der Waals surface area contributed by atoms with E-state index < -0.39 is 0 Å². The molecule has 1 aliphatic rings. The van der Waals surface area contributed by atoms with Crippen molar-refractivity contribution in [2.75, 3.05) is 24.6 Å². The van der Waals surface area contributed by atoms with Gasteiger partial charge in [0.2, 0.25) is 0 Å². The average Bonchev–Trinajstić information content (AvgIpc) is 2.22. The van der Waals surface area contributed by atoms with Crippen molar-refractivity contribution in [2.24, 2.45) is 0 Å². The van der Waals surface area contributed by atoms with Gasteiger partial charge < -0.3 is 16.0 Å². The molecule has 1 aromatic carbocycles. The van der Waals surface area contributed by atoms with Crippen molar-refractivity contribution in [3.05, 3.63) is 24.0 Å². The lowest BCUT2D eigenvalue weighted by atomic mass is 9.98. The van der Waals surface area contributed by atoms with Gasteiger partial charge in [-0.05, 0) is 45.0 Å². The van der Waals surface area contributed by atoms with E-state index in [1.165, 1.54) is 12.1 Å². The van der Waals surface area contributed by atoms with Crippen LogP contribution in [0.1, 0.15) is 19.8 Å². The van der Waals surface area contributed by atoms with E-state index in [0.29, 0.717) is 17.8 Å². The third-order valence-electron chi connectivity index (χ3n) is 3.50. The first-order valence-electron chi connectivity index (χ1n) is 6.07. The van der Waals surface area contributed by atoms with Gasteiger partial charge >= 0.3 is 0 Å². The van der Waals surface area contributed by atoms with Crippen LogP contribution in [0.4, 0.5) is 15.8 Å². The zero-order valence-electron chi connectivity index (χ0n) is 10.4. The fourth-order valence-electron chi connectivity index (χ4n) is 2.35. The number of hydrogen-bond donors (Lipinski definition) is 2. The predicted molar refractivity (Wildman–Crippen MR) is 69.5 cm³/mol. The number of likely N-dealkylation sites (tertiary alicyclic amines) is 1. The van der Waals surface area contributed by atoms with E-state index in [4.69, 9.17) is 5.73 Å². The molecule has 1 saturated heterocycles. The SMILES string of the molecule is CC1CC(Nc2cc(N)cc(F)c2)CCN1C. The highest BCUT2D eigenvalue weighted by Crippen LogP contribution is 2.22. The van der Waals surface area contributed by atoms with Crippen molar-refractivity contribution in [1.82, 2.24) is 4.90 Å². The number of anilines is 2. The highest BCUT2D eigenvalue weighted by Gasteiger charge is 2.22. The lowest BCUT2D eigenvalue weighted by Gasteiger charge is -2.35. The Morgan fingerprint density at radius 1 is 1.41 bits per heavy atom. The molecule has 0 spiro atoms. The van der Waals surface area contributed by atoms with Gasteiger partial charge in [-0.3, -0.25) is 0 Å². The number of rotatable bonds is 2. The molecule has 0 aromatic heterocycles. The molecule has 1 heterocycles. The Labute approximate surface area is 102 Å². The Bertz CT molecular complexity index is 374. The standard InChI is InChI=1S/C13H20FN3/c1-9-5-12(3-4-17(9)2)16-13-7-10(14)6-11(15)8-13/h6-9,12,16H,3-5,15H2,1-2H3. The lowest BCUT2D eigenvalue weighted by Crippen LogP contribution is -2.42. The van der Waals surface area contributed by atoms with Crippen molar-refractivity contribution in [3.8, 4) is 0 Å². The molecule has 1 fully saturated rings. The summed E-state index contributed by atoms with van der Waals surface area (Å²) in [6, 6.07) is 5.59. The second kappa shape index (κ2) is 4.92. The smallest absolute Gasteiger partial charge is 0.127 e. The summed E-state index contributed by atoms with van der Waals surface area (Å²) < 4.78 is 13.2. The normalized spacial score (nSPS) is 25.8. The maximum absolute atomic E-state index is 13.2. The highest BCUT2D eigenvalue weighted by molar-refractivity contribution is 5.55. The third-order valence-corrected chi connectivity index (χ3v) is 3.50. The number of piperidine rings is 1. The number of benzene rings is 1. The summed E-state index contributed by atoms with van der Waals surface area (Å²) in [5, 5.41) is 3.37. The molecule has 0 saturated carbocycles. The molecule has 1 aromatic rings. The van der Waals surface area contributed by atoms with Gasteiger partial charge in [0.1, 0.15) is 5.82 Å². The molecule has 17 heavy (non-hydrogen) atoms. The Kier molecular flexibility index (Phi) is 3.52. The number of halogens is 1. The molecular formula is C13H20FN3. The minimum atomic E-state index is -0.284. The minimum absolute atomic E-state index is 0.284. The number of nitrogens with two attached hydrogens (primary N) is 1. The lowest BCUT2D eigenvalue weighted by molar-refractivity contribution is 0.190. The Morgan fingerprint density at radius 2 is 2.18 bits per heavy atom. The fourth-order valence-corrected chi connectivity index (χ4v) is 2.35. The molecule has 2 rings (SSSR count). The van der Waals surface area contributed by atoms with Gasteiger partial charge in [0.05, 0.1) is 0 Å². The number of nitrogens with zero attached hydrogens (tertiary/aromatic N) is 1. The summed E-state index contributed by atoms with van der Waals surface area (Å²) in [5.74, 6) is -0.284. The molecule has 4 heteroatoms. The zero-order valence-corrected chi connectivity index (χ0v) is 10.4. The van der Waals surface area contributed by atoms with Gasteiger partial charge in [0.25, 0.3) is 0 Å². The molecule has 94 valence electrons. The summed E-state index contributed by atoms with van der Waals surface area (Å²) in [5.41, 5.74) is 6.87. The first kappa shape index (κ1) is 12.2. The quantitative estimate of drug-likeness (QED) is 0.775. The fraction of sp³-hybridized carbons (Fsp3) is 0.538. The highest BCUT2D eigenvalue weighted by atomic mass is 19.1. The van der Waals surface area contributed by atoms with E-state index in [9.17, 15) is 4.39 Å². The Morgan fingerprint density at radius 3 is 2.82 bits per heavy atom. The van der Waals surface area contributed by atoms with Gasteiger partial charge in [0, 0.05) is 30.0 Å². The summed E-state index contributed by atoms with van der Waals surface area (Å²) in [6.45, 7) is 3.29. The number of hydrogen-bond acceptors (Lipinski definition) is 3. The maximum atomic E-state index is 13.2. The van der Waals surface area contributed by atoms with Crippen LogP contribution < -0.4 is 11.1 Å². The Balaban J connectivity index is 2.01. The number of nitrogens with one attached hydrogen (secondary N) is 1. The van der Waals surface area contributed by atoms with Crippen LogP contribution in [0.3, 0.4) is 0 Å². The van der Waals surface area contributed by atoms with E-state index in [0.717, 1.165) is 25.1 Å². The van der Waals surface area contributed by atoms with E-state index in [1.807, 2.05) is 0 Å². The van der Waals surface area contributed by atoms with Gasteiger partial charge in [-0.2, -0.15) is 0 Å². The molecule has 2 unspecified atom stereocenters. The van der Waals surface area contributed by atoms with Crippen LogP contribution in [-0.2, 0) is 0 Å². The summed E-state index contributed by atoms with van der Waals surface area (Å²) in [6.07, 6.45) is 2.16. The van der Waals surface area contributed by atoms with Gasteiger partial charge in [0.15, 0.2) is 0 Å². The summed E-state index contributed by atoms with van der Waals surface area (Å²) in [7, 11) is 2.14. The van der Waals surface area contributed by atoms with E-state index in [-0.39, 0.29) is 5.82 Å². The molecule has 0 radical (unpaired) electrons. The molecule has 1 aliphatic heterocycles. The van der Waals surface area contributed by atoms with Gasteiger partial charge in [-0.1, -0.05) is 0 Å². The molecule has 3 nitrogen and oxygen atoms in total. The predicted octanol–water partition coefficient (Wildman–Crippen LogP) is 2.30. The van der Waals surface area contributed by atoms with Gasteiger partial charge in [-0.25, -0.2) is 4.39 Å². The average molecular weight is 237 g/mol. The summed E-state index contributed by atoms with van der Waals surface area (Å²) >= 11 is 0. The van der Waals surface area contributed by atoms with Crippen LogP contribution >= 0.6 is 0 Å². The summed E-state index contributed by atoms with van der Waals surface area (Å²) in [4.78, 5) is 2.35. The first-order chi connectivity index (χ1) is 8.04. The van der Waals surface area contributed by atoms with Crippen LogP contribution in [-0.4, -0.2) is 30.6 Å². The van der Waals surface area contributed by atoms with E-state index in [2.05, 4.69) is 24.2 Å². The van der Waals surface area contributed by atoms with Crippen molar-refractivity contribution in [1.29, 1.82) is 0 Å². The van der Waals surface area contributed by atoms with Crippen molar-refractivity contribution >= 4 is 11.4 Å². The molecule has 3 N–H and O–H groups in total. The minimum Gasteiger partial charge on any atom is -0.399 e. The van der Waals surface area contributed by atoms with Crippen LogP contribution in [0.25, 0.3) is 0 Å². The van der Waals surface area contributed by atoms with Gasteiger partial charge in [-0.15, -0.1) is 0 Å². The van der Waals surface area contributed by atoms with Crippen molar-refractivity contribution in [3.63, 3.8) is 0 Å². The van der Waals surface area contributed by atoms with E-state index in [1.54, 1.807) is 6.07 Å². The maximum Gasteiger partial charge on any atom is 0.127 e. The zero-order chi connectivity index (χ0) is 12.4. The molecular weight excluding hydrogens is 217 g/mol. The number of nitrogen functional groups attached to an aromatic ring is 1. The van der Waals surface area contributed by atoms with Crippen molar-refractivity contribution < 1.29 is 4.39 Å². The van der Waals surface area contributed by atoms with Crippen LogP contribution in [0.2, 0.25) is 0 Å². The topological polar surface area (TPSA) is 41.3 Å².